The molecule has 0 atom stereocenters. The highest BCUT2D eigenvalue weighted by atomic mass is 32.2. The van der Waals surface area contributed by atoms with Crippen molar-refractivity contribution >= 4 is 31.2 Å². The minimum atomic E-state index is -2.05. The Bertz CT molecular complexity index is 1140. The largest absolute Gasteiger partial charge is 0.543 e. The highest BCUT2D eigenvalue weighted by Gasteiger charge is 2.53. The molecule has 4 nitrogen and oxygen atoms in total. The van der Waals surface area contributed by atoms with Crippen molar-refractivity contribution in [3.05, 3.63) is 59.2 Å². The van der Waals surface area contributed by atoms with Gasteiger partial charge < -0.3 is 9.53 Å². The zero-order chi connectivity index (χ0) is 25.9. The van der Waals surface area contributed by atoms with E-state index in [2.05, 4.69) is 46.0 Å². The van der Waals surface area contributed by atoms with E-state index in [1.807, 2.05) is 6.07 Å². The Hall–Kier alpha value is -2.05. The minimum Gasteiger partial charge on any atom is -0.543 e. The molecule has 4 fully saturated rings. The van der Waals surface area contributed by atoms with Gasteiger partial charge in [0.25, 0.3) is 0 Å². The molecule has 2 aromatic carbocycles. The third-order valence-electron chi connectivity index (χ3n) is 9.31. The van der Waals surface area contributed by atoms with Crippen molar-refractivity contribution in [2.75, 3.05) is 0 Å². The van der Waals surface area contributed by atoms with Crippen molar-refractivity contribution in [1.29, 1.82) is 0 Å². The molecule has 6 heteroatoms. The molecular weight excluding hydrogens is 484 g/mol. The van der Waals surface area contributed by atoms with Gasteiger partial charge in [-0.2, -0.15) is 0 Å². The summed E-state index contributed by atoms with van der Waals surface area (Å²) in [6.07, 6.45) is 7.77. The van der Waals surface area contributed by atoms with Crippen molar-refractivity contribution in [1.82, 2.24) is 0 Å². The van der Waals surface area contributed by atoms with Crippen molar-refractivity contribution in [3.63, 3.8) is 0 Å². The van der Waals surface area contributed by atoms with Gasteiger partial charge in [-0.05, 0) is 140 Å². The number of hydrogen-bond acceptors (Lipinski definition) is 4. The second-order valence-corrected chi connectivity index (χ2v) is 18.8. The van der Waals surface area contributed by atoms with Crippen LogP contribution in [0.25, 0.3) is 0 Å². The van der Waals surface area contributed by atoms with E-state index in [1.165, 1.54) is 44.1 Å². The van der Waals surface area contributed by atoms with Gasteiger partial charge in [0, 0.05) is 10.5 Å². The van der Waals surface area contributed by atoms with Crippen LogP contribution in [-0.2, 0) is 5.41 Å². The lowest BCUT2D eigenvalue weighted by Gasteiger charge is -2.57. The Labute approximate surface area is 220 Å². The summed E-state index contributed by atoms with van der Waals surface area (Å²) in [5.41, 5.74) is 2.31. The standard InChI is InChI=1S/C30H38O4SSi/c1-29(2,3)36(4,5)34-26-11-8-23(28(33)35-24-9-6-22(7-10-24)27(31)32)15-25(26)30-16-19-12-20(17-30)14-21(13-19)18-30/h6-11,15,19-21H,12-14,16-18H2,1-5H3,(H,31,32). The van der Waals surface area contributed by atoms with Crippen molar-refractivity contribution in [2.45, 2.75) is 87.7 Å². The number of hydrogen-bond donors (Lipinski definition) is 1. The van der Waals surface area contributed by atoms with Crippen LogP contribution in [0.15, 0.2) is 47.4 Å². The molecule has 0 saturated heterocycles. The zero-order valence-electron chi connectivity index (χ0n) is 22.1. The van der Waals surface area contributed by atoms with Crippen molar-refractivity contribution < 1.29 is 19.1 Å². The van der Waals surface area contributed by atoms with Crippen LogP contribution < -0.4 is 4.43 Å². The Kier molecular flexibility index (Phi) is 6.43. The number of aromatic carboxylic acids is 1. The molecule has 4 aliphatic rings. The van der Waals surface area contributed by atoms with Crippen molar-refractivity contribution in [3.8, 4) is 5.75 Å². The zero-order valence-corrected chi connectivity index (χ0v) is 23.9. The van der Waals surface area contributed by atoms with Crippen LogP contribution >= 0.6 is 11.8 Å². The van der Waals surface area contributed by atoms with Crippen LogP contribution in [0.2, 0.25) is 18.1 Å². The summed E-state index contributed by atoms with van der Waals surface area (Å²) < 4.78 is 6.94. The summed E-state index contributed by atoms with van der Waals surface area (Å²) in [7, 11) is -2.05. The fourth-order valence-corrected chi connectivity index (χ4v) is 8.63. The van der Waals surface area contributed by atoms with Gasteiger partial charge in [-0.1, -0.05) is 20.8 Å². The molecule has 0 unspecified atom stereocenters. The third kappa shape index (κ3) is 4.79. The molecular formula is C30H38O4SSi. The average Bonchev–Trinajstić information content (AvgIpc) is 2.77. The number of carbonyl (C=O) groups excluding carboxylic acids is 1. The molecule has 0 radical (unpaired) electrons. The summed E-state index contributed by atoms with van der Waals surface area (Å²) in [5, 5.41) is 9.24. The van der Waals surface area contributed by atoms with Crippen LogP contribution in [0.3, 0.4) is 0 Å². The summed E-state index contributed by atoms with van der Waals surface area (Å²) in [5.74, 6) is 2.45. The Balaban J connectivity index is 1.49. The molecule has 0 aliphatic heterocycles. The predicted octanol–water partition coefficient (Wildman–Crippen LogP) is 8.17. The second-order valence-electron chi connectivity index (χ2n) is 13.0. The van der Waals surface area contributed by atoms with Crippen molar-refractivity contribution in [2.24, 2.45) is 17.8 Å². The summed E-state index contributed by atoms with van der Waals surface area (Å²) >= 11 is 1.16. The van der Waals surface area contributed by atoms with Gasteiger partial charge >= 0.3 is 5.97 Å². The summed E-state index contributed by atoms with van der Waals surface area (Å²) in [6, 6.07) is 12.7. The first-order valence-electron chi connectivity index (χ1n) is 13.2. The Morgan fingerprint density at radius 3 is 1.94 bits per heavy atom. The van der Waals surface area contributed by atoms with Crippen LogP contribution in [-0.4, -0.2) is 24.5 Å². The Morgan fingerprint density at radius 2 is 1.44 bits per heavy atom. The normalized spacial score (nSPS) is 27.2. The third-order valence-corrected chi connectivity index (χ3v) is 14.6. The molecule has 4 aliphatic carbocycles. The quantitative estimate of drug-likeness (QED) is 0.306. The molecule has 6 rings (SSSR count). The van der Waals surface area contributed by atoms with Crippen LogP contribution in [0.1, 0.15) is 85.6 Å². The van der Waals surface area contributed by atoms with Gasteiger partial charge in [0.05, 0.1) is 5.56 Å². The lowest BCUT2D eigenvalue weighted by Crippen LogP contribution is -2.49. The van der Waals surface area contributed by atoms with E-state index < -0.39 is 14.3 Å². The van der Waals surface area contributed by atoms with Crippen LogP contribution in [0, 0.1) is 17.8 Å². The molecule has 4 saturated carbocycles. The number of benzene rings is 2. The molecule has 36 heavy (non-hydrogen) atoms. The first-order chi connectivity index (χ1) is 16.8. The number of rotatable bonds is 6. The van der Waals surface area contributed by atoms with E-state index in [9.17, 15) is 9.59 Å². The predicted molar refractivity (Wildman–Crippen MR) is 148 cm³/mol. The lowest BCUT2D eigenvalue weighted by atomic mass is 9.48. The second kappa shape index (κ2) is 9.05. The van der Waals surface area contributed by atoms with E-state index in [0.29, 0.717) is 5.56 Å². The number of carboxylic acids is 1. The summed E-state index contributed by atoms with van der Waals surface area (Å²) in [4.78, 5) is 25.3. The smallest absolute Gasteiger partial charge is 0.335 e. The maximum absolute atomic E-state index is 13.4. The average molecular weight is 523 g/mol. The van der Waals surface area contributed by atoms with Crippen LogP contribution in [0.5, 0.6) is 5.75 Å². The highest BCUT2D eigenvalue weighted by molar-refractivity contribution is 8.14. The van der Waals surface area contributed by atoms with Gasteiger partial charge in [0.15, 0.2) is 0 Å². The molecule has 192 valence electrons. The Morgan fingerprint density at radius 1 is 0.917 bits per heavy atom. The van der Waals surface area contributed by atoms with Gasteiger partial charge in [-0.3, -0.25) is 4.79 Å². The molecule has 0 amide bonds. The van der Waals surface area contributed by atoms with E-state index in [-0.39, 0.29) is 21.1 Å². The molecule has 1 N–H and O–H groups in total. The minimum absolute atomic E-state index is 0.0112. The molecule has 0 spiro atoms. The van der Waals surface area contributed by atoms with Gasteiger partial charge in [-0.15, -0.1) is 0 Å². The summed E-state index contributed by atoms with van der Waals surface area (Å²) in [6.45, 7) is 11.4. The topological polar surface area (TPSA) is 63.6 Å². The number of carbonyl (C=O) groups is 2. The van der Waals surface area contributed by atoms with Gasteiger partial charge in [0.1, 0.15) is 5.75 Å². The van der Waals surface area contributed by atoms with E-state index in [4.69, 9.17) is 9.53 Å². The molecule has 4 bridgehead atoms. The lowest BCUT2D eigenvalue weighted by molar-refractivity contribution is -0.00587. The maximum atomic E-state index is 13.4. The molecule has 2 aromatic rings. The van der Waals surface area contributed by atoms with E-state index >= 15 is 0 Å². The highest BCUT2D eigenvalue weighted by Crippen LogP contribution is 2.62. The molecule has 0 aromatic heterocycles. The monoisotopic (exact) mass is 522 g/mol. The fraction of sp³-hybridized carbons (Fsp3) is 0.533. The first kappa shape index (κ1) is 25.6. The SMILES string of the molecule is CC(C)(C)[Si](C)(C)Oc1ccc(C(=O)Sc2ccc(C(=O)O)cc2)cc1C12CC3CC(CC(C3)C1)C2. The van der Waals surface area contributed by atoms with Gasteiger partial charge in [0.2, 0.25) is 13.4 Å². The van der Waals surface area contributed by atoms with E-state index in [0.717, 1.165) is 40.2 Å². The molecule has 0 heterocycles. The first-order valence-corrected chi connectivity index (χ1v) is 17.0. The maximum Gasteiger partial charge on any atom is 0.335 e. The van der Waals surface area contributed by atoms with E-state index in [1.54, 1.807) is 24.3 Å². The van der Waals surface area contributed by atoms with Gasteiger partial charge in [-0.25, -0.2) is 4.79 Å². The number of thioether (sulfide) groups is 1. The fourth-order valence-electron chi connectivity index (χ4n) is 6.86. The number of carboxylic acid groups (broad SMARTS) is 1. The van der Waals surface area contributed by atoms with Crippen LogP contribution in [0.4, 0.5) is 0 Å².